The number of aromatic nitrogens is 2. The topological polar surface area (TPSA) is 67.3 Å². The van der Waals surface area contributed by atoms with Gasteiger partial charge >= 0.3 is 0 Å². The van der Waals surface area contributed by atoms with Crippen molar-refractivity contribution in [1.29, 1.82) is 0 Å². The summed E-state index contributed by atoms with van der Waals surface area (Å²) < 4.78 is 5.13. The van der Waals surface area contributed by atoms with Crippen LogP contribution in [0.5, 0.6) is 5.75 Å². The predicted octanol–water partition coefficient (Wildman–Crippen LogP) is 3.09. The zero-order valence-corrected chi connectivity index (χ0v) is 16.1. The second-order valence-electron chi connectivity index (χ2n) is 6.46. The summed E-state index contributed by atoms with van der Waals surface area (Å²) in [7, 11) is 3.64. The van der Waals surface area contributed by atoms with Crippen LogP contribution in [-0.2, 0) is 13.0 Å². The Balaban J connectivity index is 1.51. The first-order valence-electron chi connectivity index (χ1n) is 9.13. The summed E-state index contributed by atoms with van der Waals surface area (Å²) >= 11 is 0. The molecule has 0 radical (unpaired) electrons. The summed E-state index contributed by atoms with van der Waals surface area (Å²) in [5.41, 5.74) is 3.62. The van der Waals surface area contributed by atoms with Gasteiger partial charge < -0.3 is 15.0 Å². The molecular weight excluding hydrogens is 352 g/mol. The Labute approximate surface area is 165 Å². The fourth-order valence-electron chi connectivity index (χ4n) is 2.74. The van der Waals surface area contributed by atoms with Gasteiger partial charge in [0, 0.05) is 32.5 Å². The van der Waals surface area contributed by atoms with Crippen LogP contribution in [0.15, 0.2) is 67.1 Å². The number of anilines is 1. The van der Waals surface area contributed by atoms with Crippen LogP contribution < -0.4 is 15.0 Å². The van der Waals surface area contributed by atoms with E-state index in [1.807, 2.05) is 49.5 Å². The molecule has 0 aliphatic heterocycles. The van der Waals surface area contributed by atoms with Gasteiger partial charge in [-0.1, -0.05) is 12.1 Å². The number of nitrogens with one attached hydrogen (secondary N) is 1. The van der Waals surface area contributed by atoms with Gasteiger partial charge in [-0.05, 0) is 53.9 Å². The lowest BCUT2D eigenvalue weighted by atomic mass is 10.2. The average Bonchev–Trinajstić information content (AvgIpc) is 2.77. The van der Waals surface area contributed by atoms with E-state index in [9.17, 15) is 4.79 Å². The van der Waals surface area contributed by atoms with E-state index >= 15 is 0 Å². The monoisotopic (exact) mass is 376 g/mol. The summed E-state index contributed by atoms with van der Waals surface area (Å²) in [5.74, 6) is 0.599. The van der Waals surface area contributed by atoms with Crippen molar-refractivity contribution < 1.29 is 9.53 Å². The van der Waals surface area contributed by atoms with Crippen molar-refractivity contribution in [1.82, 2.24) is 15.3 Å². The third-order valence-electron chi connectivity index (χ3n) is 4.52. The van der Waals surface area contributed by atoms with Crippen molar-refractivity contribution in [3.63, 3.8) is 0 Å². The van der Waals surface area contributed by atoms with Crippen LogP contribution in [-0.4, -0.2) is 36.6 Å². The molecule has 1 N–H and O–H groups in total. The van der Waals surface area contributed by atoms with Crippen LogP contribution in [0.25, 0.3) is 0 Å². The van der Waals surface area contributed by atoms with E-state index < -0.39 is 0 Å². The highest BCUT2D eigenvalue weighted by molar-refractivity contribution is 5.92. The standard InChI is InChI=1S/C22H24N4O2/c1-26(14-11-17-9-12-23-13-10-17)19-5-8-21(24-16-19)22(27)25-15-18-3-6-20(28-2)7-4-18/h3-10,12-13,16H,11,14-15H2,1-2H3,(H,25,27). The number of amides is 1. The number of hydrogen-bond donors (Lipinski definition) is 1. The Morgan fingerprint density at radius 1 is 1.04 bits per heavy atom. The number of ether oxygens (including phenoxy) is 1. The number of methoxy groups -OCH3 is 1. The number of hydrogen-bond acceptors (Lipinski definition) is 5. The minimum Gasteiger partial charge on any atom is -0.497 e. The molecule has 0 bridgehead atoms. The van der Waals surface area contributed by atoms with E-state index in [0.717, 1.165) is 30.0 Å². The molecule has 0 saturated carbocycles. The van der Waals surface area contributed by atoms with Crippen LogP contribution in [0.4, 0.5) is 5.69 Å². The molecule has 0 fully saturated rings. The summed E-state index contributed by atoms with van der Waals surface area (Å²) in [4.78, 5) is 22.8. The lowest BCUT2D eigenvalue weighted by Gasteiger charge is -2.19. The third-order valence-corrected chi connectivity index (χ3v) is 4.52. The van der Waals surface area contributed by atoms with Crippen LogP contribution in [0.1, 0.15) is 21.6 Å². The van der Waals surface area contributed by atoms with Crippen LogP contribution in [0.3, 0.4) is 0 Å². The largest absolute Gasteiger partial charge is 0.497 e. The molecule has 1 amide bonds. The molecule has 28 heavy (non-hydrogen) atoms. The Morgan fingerprint density at radius 2 is 1.79 bits per heavy atom. The molecule has 144 valence electrons. The van der Waals surface area contributed by atoms with Gasteiger partial charge in [0.25, 0.3) is 5.91 Å². The first kappa shape index (κ1) is 19.4. The summed E-state index contributed by atoms with van der Waals surface area (Å²) in [6.07, 6.45) is 6.25. The predicted molar refractivity (Wildman–Crippen MR) is 110 cm³/mol. The van der Waals surface area contributed by atoms with Gasteiger partial charge in [-0.25, -0.2) is 4.98 Å². The van der Waals surface area contributed by atoms with Crippen molar-refractivity contribution in [2.45, 2.75) is 13.0 Å². The molecule has 3 aromatic rings. The minimum absolute atomic E-state index is 0.193. The number of nitrogens with zero attached hydrogens (tertiary/aromatic N) is 3. The molecule has 1 aromatic carbocycles. The number of pyridine rings is 2. The quantitative estimate of drug-likeness (QED) is 0.654. The van der Waals surface area contributed by atoms with Gasteiger partial charge in [0.1, 0.15) is 11.4 Å². The Hall–Kier alpha value is -3.41. The molecule has 0 saturated heterocycles. The lowest BCUT2D eigenvalue weighted by Crippen LogP contribution is -2.24. The highest BCUT2D eigenvalue weighted by Gasteiger charge is 2.09. The Bertz CT molecular complexity index is 881. The number of carbonyl (C=O) groups excluding carboxylic acids is 1. The molecule has 2 heterocycles. The minimum atomic E-state index is -0.193. The Morgan fingerprint density at radius 3 is 2.43 bits per heavy atom. The van der Waals surface area contributed by atoms with Crippen LogP contribution in [0, 0.1) is 0 Å². The van der Waals surface area contributed by atoms with Crippen molar-refractivity contribution in [3.8, 4) is 5.75 Å². The number of likely N-dealkylation sites (N-methyl/N-ethyl adjacent to an activating group) is 1. The first-order chi connectivity index (χ1) is 13.7. The molecule has 2 aromatic heterocycles. The molecule has 0 aliphatic carbocycles. The first-order valence-corrected chi connectivity index (χ1v) is 9.13. The van der Waals surface area contributed by atoms with Crippen molar-refractivity contribution in [2.75, 3.05) is 25.6 Å². The lowest BCUT2D eigenvalue weighted by molar-refractivity contribution is 0.0946. The molecular formula is C22H24N4O2. The van der Waals surface area contributed by atoms with E-state index in [-0.39, 0.29) is 5.91 Å². The van der Waals surface area contributed by atoms with Crippen LogP contribution >= 0.6 is 0 Å². The van der Waals surface area contributed by atoms with Gasteiger partial charge in [-0.3, -0.25) is 9.78 Å². The maximum absolute atomic E-state index is 12.3. The third kappa shape index (κ3) is 5.30. The zero-order chi connectivity index (χ0) is 19.8. The summed E-state index contributed by atoms with van der Waals surface area (Å²) in [6, 6.07) is 15.3. The average molecular weight is 376 g/mol. The number of rotatable bonds is 8. The van der Waals surface area contributed by atoms with E-state index in [1.165, 1.54) is 5.56 Å². The molecule has 0 atom stereocenters. The van der Waals surface area contributed by atoms with Gasteiger partial charge in [0.15, 0.2) is 0 Å². The molecule has 3 rings (SSSR count). The second-order valence-corrected chi connectivity index (χ2v) is 6.46. The molecule has 6 nitrogen and oxygen atoms in total. The molecule has 0 aliphatic rings. The van der Waals surface area contributed by atoms with E-state index in [0.29, 0.717) is 12.2 Å². The van der Waals surface area contributed by atoms with Gasteiger partial charge in [-0.2, -0.15) is 0 Å². The van der Waals surface area contributed by atoms with E-state index in [4.69, 9.17) is 4.74 Å². The van der Waals surface area contributed by atoms with Crippen molar-refractivity contribution in [3.05, 3.63) is 83.9 Å². The highest BCUT2D eigenvalue weighted by Crippen LogP contribution is 2.13. The number of carbonyl (C=O) groups is 1. The van der Waals surface area contributed by atoms with Crippen molar-refractivity contribution >= 4 is 11.6 Å². The maximum atomic E-state index is 12.3. The summed E-state index contributed by atoms with van der Waals surface area (Å²) in [6.45, 7) is 1.30. The number of benzene rings is 1. The van der Waals surface area contributed by atoms with Gasteiger partial charge in [-0.15, -0.1) is 0 Å². The zero-order valence-electron chi connectivity index (χ0n) is 16.1. The van der Waals surface area contributed by atoms with E-state index in [1.54, 1.807) is 31.8 Å². The fraction of sp³-hybridized carbons (Fsp3) is 0.227. The molecule has 6 heteroatoms. The SMILES string of the molecule is COc1ccc(CNC(=O)c2ccc(N(C)CCc3ccncc3)cn2)cc1. The summed E-state index contributed by atoms with van der Waals surface area (Å²) in [5, 5.41) is 2.89. The maximum Gasteiger partial charge on any atom is 0.270 e. The van der Waals surface area contributed by atoms with E-state index in [2.05, 4.69) is 20.2 Å². The van der Waals surface area contributed by atoms with Gasteiger partial charge in [0.2, 0.25) is 0 Å². The Kier molecular flexibility index (Phi) is 6.57. The van der Waals surface area contributed by atoms with Crippen molar-refractivity contribution in [2.24, 2.45) is 0 Å². The van der Waals surface area contributed by atoms with Gasteiger partial charge in [0.05, 0.1) is 19.0 Å². The highest BCUT2D eigenvalue weighted by atomic mass is 16.5. The molecule has 0 spiro atoms. The molecule has 0 unspecified atom stereocenters. The van der Waals surface area contributed by atoms with Crippen LogP contribution in [0.2, 0.25) is 0 Å². The second kappa shape index (κ2) is 9.50. The fourth-order valence-corrected chi connectivity index (χ4v) is 2.74. The smallest absolute Gasteiger partial charge is 0.270 e. The normalized spacial score (nSPS) is 10.4.